The summed E-state index contributed by atoms with van der Waals surface area (Å²) < 4.78 is 31.1. The number of para-hydroxylation sites is 1. The highest BCUT2D eigenvalue weighted by Gasteiger charge is 2.41. The fraction of sp³-hybridized carbons (Fsp3) is 0.429. The van der Waals surface area contributed by atoms with Crippen LogP contribution >= 0.6 is 7.60 Å². The van der Waals surface area contributed by atoms with E-state index >= 15 is 0 Å². The predicted molar refractivity (Wildman–Crippen MR) is 117 cm³/mol. The molecule has 2 aromatic rings. The van der Waals surface area contributed by atoms with E-state index in [2.05, 4.69) is 5.32 Å². The molecule has 8 nitrogen and oxygen atoms in total. The van der Waals surface area contributed by atoms with Crippen LogP contribution in [-0.4, -0.2) is 24.2 Å². The van der Waals surface area contributed by atoms with Gasteiger partial charge in [0.2, 0.25) is 0 Å². The first-order chi connectivity index (χ1) is 14.1. The van der Waals surface area contributed by atoms with Gasteiger partial charge in [-0.3, -0.25) is 14.7 Å². The summed E-state index contributed by atoms with van der Waals surface area (Å²) in [5.41, 5.74) is 1.47. The van der Waals surface area contributed by atoms with Crippen LogP contribution in [0, 0.1) is 17.0 Å². The summed E-state index contributed by atoms with van der Waals surface area (Å²) in [7, 11) is -2.26. The number of hydrogen-bond acceptors (Lipinski definition) is 7. The van der Waals surface area contributed by atoms with Crippen molar-refractivity contribution >= 4 is 19.0 Å². The first kappa shape index (κ1) is 23.9. The van der Waals surface area contributed by atoms with Crippen molar-refractivity contribution in [3.63, 3.8) is 0 Å². The maximum atomic E-state index is 14.0. The van der Waals surface area contributed by atoms with Gasteiger partial charge in [-0.2, -0.15) is 0 Å². The second kappa shape index (κ2) is 10.1. The van der Waals surface area contributed by atoms with E-state index in [4.69, 9.17) is 13.8 Å². The van der Waals surface area contributed by atoms with Crippen molar-refractivity contribution in [3.8, 4) is 5.75 Å². The third-order valence-electron chi connectivity index (χ3n) is 4.17. The summed E-state index contributed by atoms with van der Waals surface area (Å²) in [5, 5.41) is 14.5. The number of nitrogens with zero attached hydrogens (tertiary/aromatic N) is 1. The van der Waals surface area contributed by atoms with E-state index in [-0.39, 0.29) is 17.9 Å². The Balaban J connectivity index is 2.63. The number of nitrogens with one attached hydrogen (secondary N) is 1. The minimum atomic E-state index is -3.78. The molecule has 0 spiro atoms. The third-order valence-corrected chi connectivity index (χ3v) is 6.65. The average Bonchev–Trinajstić information content (AvgIpc) is 2.65. The highest BCUT2D eigenvalue weighted by Crippen LogP contribution is 2.63. The highest BCUT2D eigenvalue weighted by atomic mass is 31.2. The largest absolute Gasteiger partial charge is 0.496 e. The van der Waals surface area contributed by atoms with Gasteiger partial charge >= 0.3 is 7.60 Å². The topological polar surface area (TPSA) is 99.9 Å². The number of nitro benzene ring substituents is 1. The monoisotopic (exact) mass is 436 g/mol. The van der Waals surface area contributed by atoms with Gasteiger partial charge in [0.15, 0.2) is 5.78 Å². The molecule has 0 aliphatic heterocycles. The lowest BCUT2D eigenvalue weighted by molar-refractivity contribution is -0.385. The van der Waals surface area contributed by atoms with Gasteiger partial charge in [-0.05, 0) is 46.8 Å². The molecule has 9 heteroatoms. The zero-order chi connectivity index (χ0) is 22.5. The van der Waals surface area contributed by atoms with Gasteiger partial charge in [-0.15, -0.1) is 0 Å². The Morgan fingerprint density at radius 2 is 1.63 bits per heavy atom. The number of hydrogen-bond donors (Lipinski definition) is 1. The van der Waals surface area contributed by atoms with Gasteiger partial charge < -0.3 is 19.1 Å². The van der Waals surface area contributed by atoms with Crippen LogP contribution in [0.25, 0.3) is 0 Å². The number of ether oxygens (including phenoxy) is 1. The fourth-order valence-electron chi connectivity index (χ4n) is 3.01. The minimum absolute atomic E-state index is 0.0387. The molecule has 0 bridgehead atoms. The van der Waals surface area contributed by atoms with Crippen LogP contribution in [0.1, 0.15) is 44.6 Å². The lowest BCUT2D eigenvalue weighted by Crippen LogP contribution is -2.20. The molecule has 164 valence electrons. The first-order valence-electron chi connectivity index (χ1n) is 9.68. The molecule has 2 aromatic carbocycles. The van der Waals surface area contributed by atoms with Crippen LogP contribution in [0.5, 0.6) is 5.75 Å². The standard InChI is InChI=1S/C21H29N2O6P/c1-14(2)28-30(26,29-15(3)4)21(18-9-7-8-10-20(18)27-6)22-17-12-11-16(5)19(13-17)23(24)25/h7-15,21-22H,1-6H3. The van der Waals surface area contributed by atoms with Gasteiger partial charge in [0.05, 0.1) is 24.2 Å². The molecule has 1 unspecified atom stereocenters. The molecule has 1 N–H and O–H groups in total. The van der Waals surface area contributed by atoms with E-state index in [1.165, 1.54) is 13.2 Å². The van der Waals surface area contributed by atoms with E-state index < -0.39 is 18.3 Å². The van der Waals surface area contributed by atoms with Gasteiger partial charge in [0.1, 0.15) is 5.75 Å². The molecule has 0 aromatic heterocycles. The second-order valence-corrected chi connectivity index (χ2v) is 9.41. The Kier molecular flexibility index (Phi) is 8.01. The highest BCUT2D eigenvalue weighted by molar-refractivity contribution is 7.54. The lowest BCUT2D eigenvalue weighted by atomic mass is 10.1. The van der Waals surface area contributed by atoms with E-state index in [0.717, 1.165) is 0 Å². The summed E-state index contributed by atoms with van der Waals surface area (Å²) in [6, 6.07) is 11.8. The summed E-state index contributed by atoms with van der Waals surface area (Å²) in [6.07, 6.45) is -0.748. The van der Waals surface area contributed by atoms with Gasteiger partial charge in [-0.1, -0.05) is 24.3 Å². The van der Waals surface area contributed by atoms with Crippen LogP contribution < -0.4 is 10.1 Å². The molecule has 0 aliphatic carbocycles. The van der Waals surface area contributed by atoms with Crippen molar-refractivity contribution in [3.05, 3.63) is 63.7 Å². The summed E-state index contributed by atoms with van der Waals surface area (Å²) in [4.78, 5) is 10.9. The van der Waals surface area contributed by atoms with Crippen molar-refractivity contribution in [2.45, 2.75) is 52.6 Å². The number of benzene rings is 2. The van der Waals surface area contributed by atoms with Gasteiger partial charge in [0, 0.05) is 22.9 Å². The van der Waals surface area contributed by atoms with Crippen molar-refractivity contribution in [2.75, 3.05) is 12.4 Å². The maximum absolute atomic E-state index is 14.0. The van der Waals surface area contributed by atoms with Crippen LogP contribution in [-0.2, 0) is 13.6 Å². The molecule has 30 heavy (non-hydrogen) atoms. The zero-order valence-electron chi connectivity index (χ0n) is 18.1. The number of nitro groups is 1. The molecule has 0 heterocycles. The quantitative estimate of drug-likeness (QED) is 0.274. The molecule has 0 fully saturated rings. The van der Waals surface area contributed by atoms with Gasteiger partial charge in [-0.25, -0.2) is 0 Å². The Labute approximate surface area is 177 Å². The molecular weight excluding hydrogens is 407 g/mol. The smallest absolute Gasteiger partial charge is 0.357 e. The number of rotatable bonds is 10. The normalized spacial score (nSPS) is 12.8. The SMILES string of the molecule is COc1ccccc1C(Nc1ccc(C)c([N+](=O)[O-])c1)P(=O)(OC(C)C)OC(C)C. The molecule has 2 rings (SSSR count). The van der Waals surface area contributed by atoms with Crippen LogP contribution in [0.4, 0.5) is 11.4 Å². The van der Waals surface area contributed by atoms with Crippen molar-refractivity contribution in [2.24, 2.45) is 0 Å². The van der Waals surface area contributed by atoms with E-state index in [1.54, 1.807) is 71.0 Å². The third kappa shape index (κ3) is 5.81. The summed E-state index contributed by atoms with van der Waals surface area (Å²) in [5.74, 6) is -0.447. The van der Waals surface area contributed by atoms with Gasteiger partial charge in [0.25, 0.3) is 5.69 Å². The molecule has 0 saturated heterocycles. The Morgan fingerprint density at radius 3 is 2.17 bits per heavy atom. The Hall–Kier alpha value is -2.41. The Morgan fingerprint density at radius 1 is 1.03 bits per heavy atom. The number of anilines is 1. The van der Waals surface area contributed by atoms with Crippen LogP contribution in [0.15, 0.2) is 42.5 Å². The fourth-order valence-corrected chi connectivity index (χ4v) is 5.34. The van der Waals surface area contributed by atoms with Crippen LogP contribution in [0.2, 0.25) is 0 Å². The lowest BCUT2D eigenvalue weighted by Gasteiger charge is -2.32. The molecule has 0 radical (unpaired) electrons. The summed E-state index contributed by atoms with van der Waals surface area (Å²) in [6.45, 7) is 8.74. The van der Waals surface area contributed by atoms with E-state index in [9.17, 15) is 14.7 Å². The minimum Gasteiger partial charge on any atom is -0.496 e. The van der Waals surface area contributed by atoms with Crippen molar-refractivity contribution in [1.82, 2.24) is 0 Å². The predicted octanol–water partition coefficient (Wildman–Crippen LogP) is 6.07. The van der Waals surface area contributed by atoms with E-state index in [1.807, 2.05) is 0 Å². The number of methoxy groups -OCH3 is 1. The molecule has 0 amide bonds. The Bertz CT molecular complexity index is 917. The van der Waals surface area contributed by atoms with E-state index in [0.29, 0.717) is 22.6 Å². The zero-order valence-corrected chi connectivity index (χ0v) is 19.0. The first-order valence-corrected chi connectivity index (χ1v) is 11.3. The maximum Gasteiger partial charge on any atom is 0.357 e. The molecule has 0 aliphatic rings. The average molecular weight is 436 g/mol. The van der Waals surface area contributed by atoms with Crippen LogP contribution in [0.3, 0.4) is 0 Å². The van der Waals surface area contributed by atoms with Crippen molar-refractivity contribution < 1.29 is 23.3 Å². The second-order valence-electron chi connectivity index (χ2n) is 7.40. The molecule has 0 saturated carbocycles. The van der Waals surface area contributed by atoms with Crippen molar-refractivity contribution in [1.29, 1.82) is 0 Å². The molecule has 1 atom stereocenters. The summed E-state index contributed by atoms with van der Waals surface area (Å²) >= 11 is 0. The molecular formula is C21H29N2O6P. The number of aryl methyl sites for hydroxylation is 1.